The number of sulfonamides is 1. The Labute approximate surface area is 120 Å². The highest BCUT2D eigenvalue weighted by atomic mass is 35.5. The van der Waals surface area contributed by atoms with Gasteiger partial charge in [0.05, 0.1) is 6.26 Å². The Morgan fingerprint density at radius 1 is 1.21 bits per heavy atom. The van der Waals surface area contributed by atoms with Crippen molar-refractivity contribution in [1.29, 1.82) is 0 Å². The number of benzene rings is 1. The van der Waals surface area contributed by atoms with Crippen LogP contribution in [0.2, 0.25) is 5.02 Å². The summed E-state index contributed by atoms with van der Waals surface area (Å²) in [6.45, 7) is 3.37. The van der Waals surface area contributed by atoms with Gasteiger partial charge in [-0.1, -0.05) is 23.7 Å². The third-order valence-corrected chi connectivity index (χ3v) is 3.65. The molecule has 1 aromatic rings. The molecular weight excluding hydrogens is 284 g/mol. The van der Waals surface area contributed by atoms with Gasteiger partial charge in [0.25, 0.3) is 0 Å². The Bertz CT molecular complexity index is 474. The van der Waals surface area contributed by atoms with Crippen molar-refractivity contribution in [2.75, 3.05) is 19.3 Å². The van der Waals surface area contributed by atoms with Crippen LogP contribution < -0.4 is 10.0 Å². The fourth-order valence-corrected chi connectivity index (χ4v) is 2.38. The van der Waals surface area contributed by atoms with E-state index in [-0.39, 0.29) is 0 Å². The maximum Gasteiger partial charge on any atom is 0.208 e. The average Bonchev–Trinajstić information content (AvgIpc) is 2.30. The molecule has 0 saturated carbocycles. The number of rotatable bonds is 8. The summed E-state index contributed by atoms with van der Waals surface area (Å²) in [6.07, 6.45) is 2.87. The third-order valence-electron chi connectivity index (χ3n) is 2.67. The first kappa shape index (κ1) is 16.4. The first-order valence-electron chi connectivity index (χ1n) is 6.29. The van der Waals surface area contributed by atoms with E-state index in [1.807, 2.05) is 24.3 Å². The fraction of sp³-hybridized carbons (Fsp3) is 0.538. The van der Waals surface area contributed by atoms with Gasteiger partial charge in [0.15, 0.2) is 0 Å². The molecule has 0 heterocycles. The zero-order valence-corrected chi connectivity index (χ0v) is 12.9. The lowest BCUT2D eigenvalue weighted by atomic mass is 10.1. The fourth-order valence-electron chi connectivity index (χ4n) is 1.74. The average molecular weight is 305 g/mol. The topological polar surface area (TPSA) is 58.2 Å². The zero-order valence-electron chi connectivity index (χ0n) is 11.3. The summed E-state index contributed by atoms with van der Waals surface area (Å²) < 4.78 is 24.2. The van der Waals surface area contributed by atoms with E-state index >= 15 is 0 Å². The molecule has 1 rings (SSSR count). The molecule has 0 amide bonds. The van der Waals surface area contributed by atoms with Crippen molar-refractivity contribution in [1.82, 2.24) is 10.0 Å². The van der Waals surface area contributed by atoms with Crippen molar-refractivity contribution >= 4 is 21.6 Å². The van der Waals surface area contributed by atoms with E-state index < -0.39 is 10.0 Å². The van der Waals surface area contributed by atoms with Crippen molar-refractivity contribution in [3.63, 3.8) is 0 Å². The van der Waals surface area contributed by atoms with Crippen LogP contribution in [0.4, 0.5) is 0 Å². The zero-order chi connectivity index (χ0) is 14.3. The molecule has 0 aliphatic rings. The van der Waals surface area contributed by atoms with E-state index in [9.17, 15) is 8.42 Å². The normalized spacial score (nSPS) is 13.4. The second-order valence-electron chi connectivity index (χ2n) is 4.71. The predicted octanol–water partition coefficient (Wildman–Crippen LogP) is 1.80. The second-order valence-corrected chi connectivity index (χ2v) is 6.98. The molecule has 0 saturated heterocycles. The van der Waals surface area contributed by atoms with Crippen LogP contribution in [0.5, 0.6) is 0 Å². The third kappa shape index (κ3) is 8.21. The lowest BCUT2D eigenvalue weighted by molar-refractivity contribution is 0.529. The molecule has 19 heavy (non-hydrogen) atoms. The smallest absolute Gasteiger partial charge is 0.208 e. The Balaban J connectivity index is 2.18. The van der Waals surface area contributed by atoms with Crippen LogP contribution in [0.15, 0.2) is 24.3 Å². The van der Waals surface area contributed by atoms with Gasteiger partial charge in [-0.05, 0) is 44.0 Å². The van der Waals surface area contributed by atoms with Gasteiger partial charge >= 0.3 is 0 Å². The summed E-state index contributed by atoms with van der Waals surface area (Å²) in [5.41, 5.74) is 1.23. The molecule has 0 spiro atoms. The van der Waals surface area contributed by atoms with Crippen molar-refractivity contribution in [3.8, 4) is 0 Å². The van der Waals surface area contributed by atoms with Gasteiger partial charge in [-0.15, -0.1) is 0 Å². The first-order valence-corrected chi connectivity index (χ1v) is 8.56. The number of hydrogen-bond donors (Lipinski definition) is 2. The Hall–Kier alpha value is -0.620. The number of halogens is 1. The summed E-state index contributed by atoms with van der Waals surface area (Å²) in [6, 6.07) is 8.16. The molecule has 0 aromatic heterocycles. The molecule has 1 atom stereocenters. The standard InChI is InChI=1S/C13H21ClN2O2S/c1-11(10-12-4-6-13(14)7-5-12)15-8-3-9-16-19(2,17)18/h4-7,11,15-16H,3,8-10H2,1-2H3. The van der Waals surface area contributed by atoms with E-state index in [4.69, 9.17) is 11.6 Å². The van der Waals surface area contributed by atoms with Crippen LogP contribution in [0.25, 0.3) is 0 Å². The summed E-state index contributed by atoms with van der Waals surface area (Å²) in [7, 11) is -3.07. The first-order chi connectivity index (χ1) is 8.87. The highest BCUT2D eigenvalue weighted by Gasteiger charge is 2.03. The van der Waals surface area contributed by atoms with Crippen molar-refractivity contribution in [3.05, 3.63) is 34.9 Å². The Morgan fingerprint density at radius 3 is 2.42 bits per heavy atom. The summed E-state index contributed by atoms with van der Waals surface area (Å²) >= 11 is 5.83. The molecule has 6 heteroatoms. The lowest BCUT2D eigenvalue weighted by Gasteiger charge is -2.14. The molecule has 0 bridgehead atoms. The summed E-state index contributed by atoms with van der Waals surface area (Å²) in [5.74, 6) is 0. The van der Waals surface area contributed by atoms with Crippen molar-refractivity contribution in [2.24, 2.45) is 0 Å². The molecule has 0 fully saturated rings. The maximum absolute atomic E-state index is 10.9. The van der Waals surface area contributed by atoms with Gasteiger partial charge in [0.2, 0.25) is 10.0 Å². The molecule has 0 radical (unpaired) electrons. The van der Waals surface area contributed by atoms with Gasteiger partial charge in [0, 0.05) is 17.6 Å². The van der Waals surface area contributed by atoms with E-state index in [1.165, 1.54) is 11.8 Å². The lowest BCUT2D eigenvalue weighted by Crippen LogP contribution is -2.31. The number of nitrogens with one attached hydrogen (secondary N) is 2. The molecule has 1 unspecified atom stereocenters. The minimum Gasteiger partial charge on any atom is -0.314 e. The van der Waals surface area contributed by atoms with Gasteiger partial charge in [0.1, 0.15) is 0 Å². The molecule has 1 aromatic carbocycles. The summed E-state index contributed by atoms with van der Waals surface area (Å²) in [5, 5.41) is 4.11. The van der Waals surface area contributed by atoms with Crippen molar-refractivity contribution < 1.29 is 8.42 Å². The van der Waals surface area contributed by atoms with Crippen LogP contribution in [-0.2, 0) is 16.4 Å². The predicted molar refractivity (Wildman–Crippen MR) is 80.1 cm³/mol. The van der Waals surface area contributed by atoms with Gasteiger partial charge in [-0.2, -0.15) is 0 Å². The molecule has 2 N–H and O–H groups in total. The summed E-state index contributed by atoms with van der Waals surface area (Å²) in [4.78, 5) is 0. The van der Waals surface area contributed by atoms with Crippen LogP contribution >= 0.6 is 11.6 Å². The van der Waals surface area contributed by atoms with Crippen LogP contribution in [0, 0.1) is 0 Å². The van der Waals surface area contributed by atoms with Gasteiger partial charge in [-0.3, -0.25) is 0 Å². The molecule has 0 aliphatic heterocycles. The monoisotopic (exact) mass is 304 g/mol. The van der Waals surface area contributed by atoms with Crippen LogP contribution in [-0.4, -0.2) is 33.8 Å². The molecule has 0 aliphatic carbocycles. The highest BCUT2D eigenvalue weighted by Crippen LogP contribution is 2.10. The Kier molecular flexibility index (Phi) is 6.79. The van der Waals surface area contributed by atoms with Gasteiger partial charge < -0.3 is 5.32 Å². The SMILES string of the molecule is CC(Cc1ccc(Cl)cc1)NCCCNS(C)(=O)=O. The van der Waals surface area contributed by atoms with Crippen LogP contribution in [0.3, 0.4) is 0 Å². The maximum atomic E-state index is 10.9. The van der Waals surface area contributed by atoms with Crippen molar-refractivity contribution in [2.45, 2.75) is 25.8 Å². The van der Waals surface area contributed by atoms with Gasteiger partial charge in [-0.25, -0.2) is 13.1 Å². The number of hydrogen-bond acceptors (Lipinski definition) is 3. The molecule has 108 valence electrons. The van der Waals surface area contributed by atoms with Crippen LogP contribution in [0.1, 0.15) is 18.9 Å². The minimum atomic E-state index is -3.07. The Morgan fingerprint density at radius 2 is 1.84 bits per heavy atom. The highest BCUT2D eigenvalue weighted by molar-refractivity contribution is 7.88. The van der Waals surface area contributed by atoms with E-state index in [2.05, 4.69) is 17.0 Å². The quantitative estimate of drug-likeness (QED) is 0.720. The van der Waals surface area contributed by atoms with E-state index in [1.54, 1.807) is 0 Å². The van der Waals surface area contributed by atoms with E-state index in [0.717, 1.165) is 24.4 Å². The molecular formula is C13H21ClN2O2S. The van der Waals surface area contributed by atoms with E-state index in [0.29, 0.717) is 12.6 Å². The minimum absolute atomic E-state index is 0.347. The second kappa shape index (κ2) is 7.85. The largest absolute Gasteiger partial charge is 0.314 e. The molecule has 4 nitrogen and oxygen atoms in total.